The second-order valence-electron chi connectivity index (χ2n) is 24.8. The molecule has 85 heavy (non-hydrogen) atoms. The molecule has 13 rings (SSSR count). The molecule has 0 aliphatic carbocycles. The molecule has 0 fully saturated rings. The predicted octanol–water partition coefficient (Wildman–Crippen LogP) is 22.1. The minimum absolute atomic E-state index is 0.0983. The summed E-state index contributed by atoms with van der Waals surface area (Å²) in [6, 6.07) is 94.7. The summed E-state index contributed by atoms with van der Waals surface area (Å²) in [6.07, 6.45) is 0.985. The summed E-state index contributed by atoms with van der Waals surface area (Å²) in [5.41, 5.74) is 23.3. The molecule has 0 amide bonds. The zero-order chi connectivity index (χ0) is 58.4. The van der Waals surface area contributed by atoms with E-state index in [1.165, 1.54) is 49.6 Å². The molecule has 0 spiro atoms. The van der Waals surface area contributed by atoms with Crippen molar-refractivity contribution < 1.29 is 0 Å². The standard InChI is InChI=1S/C81H70N4/c1-9-53(2)68-49-66(80(3,4)5)51-72-73-52-67(81(6,7)8)50-71(60-38-26-15-27-39-60)76(73)85(74(68)72)75-69(58-34-22-13-23-35-58)47-65(48-70(75)59-36-24-14-25-37-59)79-83-77(61-42-40-57(41-43-61)54-28-16-10-17-29-54)82-78(84-79)64-45-62(55-30-18-11-19-31-55)44-63(46-64)56-32-20-12-21-33-56/h10-53H,9H2,1-8H3. The van der Waals surface area contributed by atoms with Crippen LogP contribution in [0.25, 0.3) is 128 Å². The Bertz CT molecular complexity index is 4420. The summed E-state index contributed by atoms with van der Waals surface area (Å²) >= 11 is 0. The molecule has 13 aromatic rings. The van der Waals surface area contributed by atoms with Gasteiger partial charge in [0.1, 0.15) is 0 Å². The minimum Gasteiger partial charge on any atom is -0.307 e. The summed E-state index contributed by atoms with van der Waals surface area (Å²) in [5.74, 6) is 2.01. The summed E-state index contributed by atoms with van der Waals surface area (Å²) in [7, 11) is 0. The lowest BCUT2D eigenvalue weighted by molar-refractivity contribution is 0.588. The number of hydrogen-bond donors (Lipinski definition) is 0. The van der Waals surface area contributed by atoms with Crippen LogP contribution in [0, 0.1) is 0 Å². The Morgan fingerprint density at radius 1 is 0.318 bits per heavy atom. The molecule has 0 radical (unpaired) electrons. The van der Waals surface area contributed by atoms with Gasteiger partial charge < -0.3 is 4.57 Å². The first-order valence-corrected chi connectivity index (χ1v) is 30.0. The van der Waals surface area contributed by atoms with Crippen LogP contribution < -0.4 is 0 Å². The lowest BCUT2D eigenvalue weighted by atomic mass is 9.82. The molecule has 0 aliphatic heterocycles. The number of benzene rings is 11. The van der Waals surface area contributed by atoms with Crippen LogP contribution in [0.2, 0.25) is 0 Å². The molecule has 0 saturated carbocycles. The summed E-state index contributed by atoms with van der Waals surface area (Å²) < 4.78 is 2.67. The van der Waals surface area contributed by atoms with E-state index >= 15 is 0 Å². The van der Waals surface area contributed by atoms with E-state index < -0.39 is 0 Å². The molecule has 11 aromatic carbocycles. The fourth-order valence-electron chi connectivity index (χ4n) is 12.1. The number of nitrogens with zero attached hydrogens (tertiary/aromatic N) is 4. The maximum atomic E-state index is 5.63. The second kappa shape index (κ2) is 22.4. The van der Waals surface area contributed by atoms with Crippen molar-refractivity contribution in [1.82, 2.24) is 19.5 Å². The van der Waals surface area contributed by atoms with Crippen molar-refractivity contribution in [2.24, 2.45) is 0 Å². The van der Waals surface area contributed by atoms with Crippen LogP contribution in [0.5, 0.6) is 0 Å². The number of aromatic nitrogens is 4. The average Bonchev–Trinajstić information content (AvgIpc) is 1.67. The van der Waals surface area contributed by atoms with Gasteiger partial charge in [-0.25, -0.2) is 15.0 Å². The van der Waals surface area contributed by atoms with Crippen LogP contribution in [-0.4, -0.2) is 19.5 Å². The smallest absolute Gasteiger partial charge is 0.164 e. The van der Waals surface area contributed by atoms with Gasteiger partial charge in [-0.2, -0.15) is 0 Å². The third-order valence-electron chi connectivity index (χ3n) is 17.0. The Labute approximate surface area is 501 Å². The summed E-state index contributed by atoms with van der Waals surface area (Å²) in [5, 5.41) is 2.51. The molecule has 4 nitrogen and oxygen atoms in total. The molecule has 1 unspecified atom stereocenters. The highest BCUT2D eigenvalue weighted by atomic mass is 15.0. The van der Waals surface area contributed by atoms with Crippen molar-refractivity contribution in [2.45, 2.75) is 78.6 Å². The number of fused-ring (bicyclic) bond motifs is 3. The number of hydrogen-bond acceptors (Lipinski definition) is 3. The molecule has 0 saturated heterocycles. The van der Waals surface area contributed by atoms with E-state index in [1.807, 2.05) is 0 Å². The molecule has 0 aliphatic rings. The van der Waals surface area contributed by atoms with Crippen LogP contribution in [0.15, 0.2) is 261 Å². The Morgan fingerprint density at radius 2 is 0.647 bits per heavy atom. The first-order chi connectivity index (χ1) is 41.3. The van der Waals surface area contributed by atoms with E-state index in [4.69, 9.17) is 15.0 Å². The Hall–Kier alpha value is -9.77. The van der Waals surface area contributed by atoms with Crippen molar-refractivity contribution in [2.75, 3.05) is 0 Å². The van der Waals surface area contributed by atoms with E-state index in [1.54, 1.807) is 0 Å². The zero-order valence-electron chi connectivity index (χ0n) is 49.9. The van der Waals surface area contributed by atoms with E-state index in [0.29, 0.717) is 17.5 Å². The molecule has 0 N–H and O–H groups in total. The lowest BCUT2D eigenvalue weighted by Crippen LogP contribution is -2.13. The maximum absolute atomic E-state index is 5.63. The molecule has 414 valence electrons. The van der Waals surface area contributed by atoms with Gasteiger partial charge in [0.25, 0.3) is 0 Å². The van der Waals surface area contributed by atoms with E-state index in [9.17, 15) is 0 Å². The quantitative estimate of drug-likeness (QED) is 0.122. The molecule has 2 aromatic heterocycles. The van der Waals surface area contributed by atoms with Crippen molar-refractivity contribution in [3.05, 3.63) is 278 Å². The average molecular weight is 1100 g/mol. The van der Waals surface area contributed by atoms with Gasteiger partial charge in [0, 0.05) is 44.2 Å². The van der Waals surface area contributed by atoms with E-state index in [-0.39, 0.29) is 16.7 Å². The molecule has 2 heterocycles. The molecule has 0 bridgehead atoms. The lowest BCUT2D eigenvalue weighted by Gasteiger charge is -2.25. The van der Waals surface area contributed by atoms with Gasteiger partial charge in [0.2, 0.25) is 0 Å². The fraction of sp³-hybridized carbons (Fsp3) is 0.148. The molecular formula is C81H70N4. The van der Waals surface area contributed by atoms with Crippen molar-refractivity contribution >= 4 is 21.8 Å². The summed E-state index contributed by atoms with van der Waals surface area (Å²) in [4.78, 5) is 16.7. The third kappa shape index (κ3) is 10.7. The third-order valence-corrected chi connectivity index (χ3v) is 17.0. The SMILES string of the molecule is CCC(C)c1cc(C(C)(C)C)cc2c3cc(C(C)(C)C)cc(-c4ccccc4)c3n(-c3c(-c4ccccc4)cc(-c4nc(-c5ccc(-c6ccccc6)cc5)nc(-c5cc(-c6ccccc6)cc(-c6ccccc6)c5)n4)cc3-c3ccccc3)c12. The number of rotatable bonds is 12. The molecule has 4 heteroatoms. The van der Waals surface area contributed by atoms with E-state index in [2.05, 4.69) is 321 Å². The second-order valence-corrected chi connectivity index (χ2v) is 24.8. The van der Waals surface area contributed by atoms with Crippen LogP contribution >= 0.6 is 0 Å². The Morgan fingerprint density at radius 3 is 1.07 bits per heavy atom. The zero-order valence-corrected chi connectivity index (χ0v) is 49.9. The van der Waals surface area contributed by atoms with Gasteiger partial charge in [-0.15, -0.1) is 0 Å². The Balaban J connectivity index is 1.16. The Kier molecular flexibility index (Phi) is 14.4. The van der Waals surface area contributed by atoms with Gasteiger partial charge >= 0.3 is 0 Å². The minimum atomic E-state index is -0.127. The maximum Gasteiger partial charge on any atom is 0.164 e. The van der Waals surface area contributed by atoms with Crippen LogP contribution in [0.4, 0.5) is 0 Å². The first kappa shape index (κ1) is 54.5. The first-order valence-electron chi connectivity index (χ1n) is 30.0. The normalized spacial score (nSPS) is 12.2. The fourth-order valence-corrected chi connectivity index (χ4v) is 12.1. The summed E-state index contributed by atoms with van der Waals surface area (Å²) in [6.45, 7) is 18.8. The van der Waals surface area contributed by atoms with Gasteiger partial charge in [-0.1, -0.05) is 268 Å². The molecular weight excluding hydrogens is 1030 g/mol. The highest BCUT2D eigenvalue weighted by Gasteiger charge is 2.30. The monoisotopic (exact) mass is 1100 g/mol. The van der Waals surface area contributed by atoms with Gasteiger partial charge in [-0.3, -0.25) is 0 Å². The molecule has 1 atom stereocenters. The highest BCUT2D eigenvalue weighted by Crippen LogP contribution is 2.50. The van der Waals surface area contributed by atoms with Crippen LogP contribution in [0.1, 0.15) is 84.4 Å². The predicted molar refractivity (Wildman–Crippen MR) is 359 cm³/mol. The largest absolute Gasteiger partial charge is 0.307 e. The highest BCUT2D eigenvalue weighted by molar-refractivity contribution is 6.16. The van der Waals surface area contributed by atoms with Gasteiger partial charge in [-0.05, 0) is 138 Å². The van der Waals surface area contributed by atoms with Crippen molar-refractivity contribution in [3.63, 3.8) is 0 Å². The van der Waals surface area contributed by atoms with Crippen molar-refractivity contribution in [1.29, 1.82) is 0 Å². The van der Waals surface area contributed by atoms with Crippen LogP contribution in [-0.2, 0) is 10.8 Å². The van der Waals surface area contributed by atoms with Gasteiger partial charge in [0.05, 0.1) is 16.7 Å². The van der Waals surface area contributed by atoms with Crippen molar-refractivity contribution in [3.8, 4) is 107 Å². The van der Waals surface area contributed by atoms with E-state index in [0.717, 1.165) is 84.4 Å². The van der Waals surface area contributed by atoms with Gasteiger partial charge in [0.15, 0.2) is 17.5 Å². The topological polar surface area (TPSA) is 43.6 Å². The van der Waals surface area contributed by atoms with Crippen LogP contribution in [0.3, 0.4) is 0 Å².